The van der Waals surface area contributed by atoms with Crippen LogP contribution in [0.4, 0.5) is 10.5 Å². The fraction of sp³-hybridized carbons (Fsp3) is 0.273. The highest BCUT2D eigenvalue weighted by Gasteiger charge is 2.26. The molecule has 2 aromatic carbocycles. The molecule has 2 aromatic rings. The first-order valence-electron chi connectivity index (χ1n) is 9.59. The zero-order chi connectivity index (χ0) is 22.2. The van der Waals surface area contributed by atoms with E-state index in [1.807, 2.05) is 0 Å². The van der Waals surface area contributed by atoms with Crippen LogP contribution in [0.3, 0.4) is 0 Å². The molecule has 0 bridgehead atoms. The van der Waals surface area contributed by atoms with Gasteiger partial charge in [-0.25, -0.2) is 9.59 Å². The fourth-order valence-corrected chi connectivity index (χ4v) is 3.03. The van der Waals surface area contributed by atoms with Crippen molar-refractivity contribution in [3.8, 4) is 17.2 Å². The van der Waals surface area contributed by atoms with E-state index in [0.717, 1.165) is 6.08 Å². The van der Waals surface area contributed by atoms with Crippen molar-refractivity contribution in [3.63, 3.8) is 0 Å². The SMILES string of the molecule is C[C@H](/C=C/C(=O)O)[C@H](OC(=O)Nc1ccc2c(c1)OCO2)c1ccccc1OCCO. The Kier molecular flexibility index (Phi) is 7.34. The Morgan fingerprint density at radius 3 is 2.74 bits per heavy atom. The number of rotatable bonds is 9. The number of carbonyl (C=O) groups excluding carboxylic acids is 1. The number of nitrogens with one attached hydrogen (secondary N) is 1. The standard InChI is InChI=1S/C22H23NO8/c1-14(6-9-20(25)26)21(16-4-2-3-5-17(16)28-11-10-24)31-22(27)23-15-7-8-18-19(12-15)30-13-29-18/h2-9,12,14,21,24H,10-11,13H2,1H3,(H,23,27)(H,25,26)/b9-6+/t14-,21+/m1/s1. The summed E-state index contributed by atoms with van der Waals surface area (Å²) < 4.78 is 21.8. The minimum atomic E-state index is -1.11. The number of aliphatic hydroxyl groups is 1. The van der Waals surface area contributed by atoms with Gasteiger partial charge in [0, 0.05) is 29.3 Å². The summed E-state index contributed by atoms with van der Waals surface area (Å²) in [4.78, 5) is 23.6. The second-order valence-electron chi connectivity index (χ2n) is 6.69. The number of ether oxygens (including phenoxy) is 4. The van der Waals surface area contributed by atoms with Gasteiger partial charge >= 0.3 is 12.1 Å². The lowest BCUT2D eigenvalue weighted by molar-refractivity contribution is -0.131. The molecule has 0 spiro atoms. The molecule has 1 heterocycles. The monoisotopic (exact) mass is 429 g/mol. The highest BCUT2D eigenvalue weighted by Crippen LogP contribution is 2.36. The molecule has 0 saturated heterocycles. The van der Waals surface area contributed by atoms with E-state index in [1.54, 1.807) is 49.4 Å². The molecule has 1 aliphatic heterocycles. The van der Waals surface area contributed by atoms with E-state index in [-0.39, 0.29) is 20.0 Å². The van der Waals surface area contributed by atoms with Gasteiger partial charge in [-0.2, -0.15) is 0 Å². The summed E-state index contributed by atoms with van der Waals surface area (Å²) in [5, 5.41) is 20.7. The lowest BCUT2D eigenvalue weighted by Gasteiger charge is -2.24. The summed E-state index contributed by atoms with van der Waals surface area (Å²) in [5.74, 6) is -0.0836. The van der Waals surface area contributed by atoms with Crippen LogP contribution in [0.5, 0.6) is 17.2 Å². The van der Waals surface area contributed by atoms with Gasteiger partial charge in [0.1, 0.15) is 18.5 Å². The predicted octanol–water partition coefficient (Wildman–Crippen LogP) is 3.35. The highest BCUT2D eigenvalue weighted by atomic mass is 16.7. The average Bonchev–Trinajstić information content (AvgIpc) is 3.22. The lowest BCUT2D eigenvalue weighted by atomic mass is 9.96. The van der Waals surface area contributed by atoms with Gasteiger partial charge in [-0.15, -0.1) is 0 Å². The van der Waals surface area contributed by atoms with Gasteiger partial charge < -0.3 is 29.2 Å². The summed E-state index contributed by atoms with van der Waals surface area (Å²) in [6, 6.07) is 11.8. The molecule has 9 nitrogen and oxygen atoms in total. The maximum Gasteiger partial charge on any atom is 0.412 e. The maximum atomic E-state index is 12.6. The van der Waals surface area contributed by atoms with Crippen LogP contribution in [0.1, 0.15) is 18.6 Å². The van der Waals surface area contributed by atoms with Crippen LogP contribution in [0.25, 0.3) is 0 Å². The Morgan fingerprint density at radius 1 is 1.19 bits per heavy atom. The maximum absolute atomic E-state index is 12.6. The van der Waals surface area contributed by atoms with Crippen molar-refractivity contribution in [2.45, 2.75) is 13.0 Å². The fourth-order valence-electron chi connectivity index (χ4n) is 3.03. The quantitative estimate of drug-likeness (QED) is 0.519. The van der Waals surface area contributed by atoms with E-state index < -0.39 is 24.1 Å². The Balaban J connectivity index is 1.81. The zero-order valence-corrected chi connectivity index (χ0v) is 16.8. The second-order valence-corrected chi connectivity index (χ2v) is 6.69. The number of carboxylic acids is 1. The number of anilines is 1. The van der Waals surface area contributed by atoms with Crippen LogP contribution in [0.2, 0.25) is 0 Å². The van der Waals surface area contributed by atoms with E-state index >= 15 is 0 Å². The predicted molar refractivity (Wildman–Crippen MR) is 110 cm³/mol. The number of hydrogen-bond acceptors (Lipinski definition) is 7. The first kappa shape index (κ1) is 22.0. The number of aliphatic carboxylic acids is 1. The second kappa shape index (κ2) is 10.4. The van der Waals surface area contributed by atoms with Crippen molar-refractivity contribution in [3.05, 3.63) is 60.2 Å². The first-order valence-corrected chi connectivity index (χ1v) is 9.59. The molecule has 3 rings (SSSR count). The van der Waals surface area contributed by atoms with Crippen molar-refractivity contribution < 1.29 is 38.7 Å². The molecule has 0 unspecified atom stereocenters. The molecule has 9 heteroatoms. The summed E-state index contributed by atoms with van der Waals surface area (Å²) in [5.41, 5.74) is 0.992. The van der Waals surface area contributed by atoms with Gasteiger partial charge in [-0.05, 0) is 18.2 Å². The summed E-state index contributed by atoms with van der Waals surface area (Å²) >= 11 is 0. The van der Waals surface area contributed by atoms with Gasteiger partial charge in [0.05, 0.1) is 6.61 Å². The topological polar surface area (TPSA) is 124 Å². The minimum absolute atomic E-state index is 0.0620. The van der Waals surface area contributed by atoms with Crippen LogP contribution in [-0.2, 0) is 9.53 Å². The molecule has 0 saturated carbocycles. The summed E-state index contributed by atoms with van der Waals surface area (Å²) in [7, 11) is 0. The molecule has 164 valence electrons. The van der Waals surface area contributed by atoms with Crippen molar-refractivity contribution >= 4 is 17.7 Å². The zero-order valence-electron chi connectivity index (χ0n) is 16.8. The van der Waals surface area contributed by atoms with Gasteiger partial charge in [0.25, 0.3) is 0 Å². The van der Waals surface area contributed by atoms with E-state index in [1.165, 1.54) is 6.08 Å². The van der Waals surface area contributed by atoms with Crippen LogP contribution in [-0.4, -0.2) is 42.3 Å². The van der Waals surface area contributed by atoms with Crippen LogP contribution in [0, 0.1) is 5.92 Å². The van der Waals surface area contributed by atoms with Gasteiger partial charge in [0.2, 0.25) is 6.79 Å². The number of benzene rings is 2. The number of hydrogen-bond donors (Lipinski definition) is 3. The molecule has 31 heavy (non-hydrogen) atoms. The molecule has 0 aromatic heterocycles. The first-order chi connectivity index (χ1) is 15.0. The van der Waals surface area contributed by atoms with Gasteiger partial charge in [-0.3, -0.25) is 5.32 Å². The summed E-state index contributed by atoms with van der Waals surface area (Å²) in [6.45, 7) is 1.72. The van der Waals surface area contributed by atoms with Gasteiger partial charge in [-0.1, -0.05) is 31.2 Å². The Hall–Kier alpha value is -3.72. The minimum Gasteiger partial charge on any atom is -0.491 e. The molecule has 0 fully saturated rings. The van der Waals surface area contributed by atoms with E-state index in [9.17, 15) is 9.59 Å². The highest BCUT2D eigenvalue weighted by molar-refractivity contribution is 5.85. The molecule has 0 aliphatic carbocycles. The largest absolute Gasteiger partial charge is 0.491 e. The van der Waals surface area contributed by atoms with Crippen LogP contribution in [0.15, 0.2) is 54.6 Å². The van der Waals surface area contributed by atoms with Crippen LogP contribution < -0.4 is 19.5 Å². The number of carboxylic acid groups (broad SMARTS) is 1. The Morgan fingerprint density at radius 2 is 1.97 bits per heavy atom. The third-order valence-electron chi connectivity index (χ3n) is 4.45. The van der Waals surface area contributed by atoms with Crippen molar-refractivity contribution in [2.24, 2.45) is 5.92 Å². The normalized spacial score (nSPS) is 14.1. The van der Waals surface area contributed by atoms with Crippen LogP contribution >= 0.6 is 0 Å². The van der Waals surface area contributed by atoms with Crippen molar-refractivity contribution in [2.75, 3.05) is 25.3 Å². The third-order valence-corrected chi connectivity index (χ3v) is 4.45. The number of fused-ring (bicyclic) bond motifs is 1. The molecular formula is C22H23NO8. The molecule has 1 amide bonds. The summed E-state index contributed by atoms with van der Waals surface area (Å²) in [6.07, 6.45) is 0.841. The molecule has 1 aliphatic rings. The third kappa shape index (κ3) is 5.89. The molecule has 2 atom stereocenters. The molecule has 3 N–H and O–H groups in total. The number of amides is 1. The van der Waals surface area contributed by atoms with Gasteiger partial charge in [0.15, 0.2) is 11.5 Å². The lowest BCUT2D eigenvalue weighted by Crippen LogP contribution is -2.22. The van der Waals surface area contributed by atoms with Crippen molar-refractivity contribution in [1.29, 1.82) is 0 Å². The van der Waals surface area contributed by atoms with E-state index in [2.05, 4.69) is 5.32 Å². The number of aliphatic hydroxyl groups excluding tert-OH is 1. The molecule has 0 radical (unpaired) electrons. The average molecular weight is 429 g/mol. The molecular weight excluding hydrogens is 406 g/mol. The Labute approximate surface area is 178 Å². The smallest absolute Gasteiger partial charge is 0.412 e. The number of para-hydroxylation sites is 1. The van der Waals surface area contributed by atoms with E-state index in [4.69, 9.17) is 29.2 Å². The number of carbonyl (C=O) groups is 2. The Bertz CT molecular complexity index is 958. The van der Waals surface area contributed by atoms with E-state index in [0.29, 0.717) is 28.5 Å². The van der Waals surface area contributed by atoms with Crippen molar-refractivity contribution in [1.82, 2.24) is 0 Å².